The van der Waals surface area contributed by atoms with E-state index in [0.717, 1.165) is 45.2 Å². The maximum absolute atomic E-state index is 12.7. The Morgan fingerprint density at radius 2 is 1.81 bits per heavy atom. The number of fused-ring (bicyclic) bond motifs is 1. The second-order valence-electron chi connectivity index (χ2n) is 5.79. The molecule has 1 heterocycles. The number of nitrogens with zero attached hydrogens (tertiary/aromatic N) is 1. The van der Waals surface area contributed by atoms with E-state index in [1.165, 1.54) is 11.1 Å². The number of rotatable bonds is 3. The zero-order valence-corrected chi connectivity index (χ0v) is 14.0. The number of hydrogen-bond acceptors (Lipinski definition) is 3. The molecule has 0 aromatic heterocycles. The Bertz CT molecular complexity index is 598. The van der Waals surface area contributed by atoms with Crippen molar-refractivity contribution in [1.29, 1.82) is 0 Å². The van der Waals surface area contributed by atoms with E-state index >= 15 is 0 Å². The highest BCUT2D eigenvalue weighted by Crippen LogP contribution is 2.27. The Balaban J connectivity index is 0.00000161. The highest BCUT2D eigenvalue weighted by Gasteiger charge is 2.29. The number of sulfonamides is 1. The second-order valence-corrected chi connectivity index (χ2v) is 7.78. The van der Waals surface area contributed by atoms with Crippen molar-refractivity contribution < 1.29 is 8.42 Å². The van der Waals surface area contributed by atoms with Crippen molar-refractivity contribution in [3.63, 3.8) is 0 Å². The number of aryl methyl sites for hydroxylation is 2. The van der Waals surface area contributed by atoms with Crippen LogP contribution in [-0.4, -0.2) is 38.9 Å². The number of halogens is 1. The molecule has 21 heavy (non-hydrogen) atoms. The third-order valence-corrected chi connectivity index (χ3v) is 6.48. The highest BCUT2D eigenvalue weighted by atomic mass is 35.5. The van der Waals surface area contributed by atoms with Gasteiger partial charge in [0.2, 0.25) is 10.0 Å². The lowest BCUT2D eigenvalue weighted by molar-refractivity contribution is 0.296. The van der Waals surface area contributed by atoms with Crippen molar-refractivity contribution in [3.8, 4) is 0 Å². The molecule has 1 N–H and O–H groups in total. The van der Waals surface area contributed by atoms with Gasteiger partial charge in [-0.2, -0.15) is 4.31 Å². The summed E-state index contributed by atoms with van der Waals surface area (Å²) in [6, 6.07) is 5.77. The van der Waals surface area contributed by atoms with Crippen LogP contribution in [0.1, 0.15) is 30.4 Å². The van der Waals surface area contributed by atoms with E-state index in [-0.39, 0.29) is 18.4 Å². The van der Waals surface area contributed by atoms with E-state index in [2.05, 4.69) is 5.32 Å². The second kappa shape index (κ2) is 6.65. The number of nitrogens with one attached hydrogen (secondary N) is 1. The fourth-order valence-electron chi connectivity index (χ4n) is 3.24. The minimum absolute atomic E-state index is 0. The molecular formula is C15H23ClN2O2S. The molecule has 3 rings (SSSR count). The summed E-state index contributed by atoms with van der Waals surface area (Å²) in [5.41, 5.74) is 2.53. The summed E-state index contributed by atoms with van der Waals surface area (Å²) < 4.78 is 27.0. The van der Waals surface area contributed by atoms with Crippen LogP contribution in [0.2, 0.25) is 0 Å². The van der Waals surface area contributed by atoms with Crippen LogP contribution in [0.15, 0.2) is 23.1 Å². The Labute approximate surface area is 133 Å². The predicted molar refractivity (Wildman–Crippen MR) is 86.6 cm³/mol. The Hall–Kier alpha value is -0.620. The molecule has 1 fully saturated rings. The number of piperidine rings is 1. The fraction of sp³-hybridized carbons (Fsp3) is 0.600. The van der Waals surface area contributed by atoms with E-state index in [9.17, 15) is 8.42 Å². The number of hydrogen-bond donors (Lipinski definition) is 1. The van der Waals surface area contributed by atoms with Gasteiger partial charge < -0.3 is 5.32 Å². The van der Waals surface area contributed by atoms with Gasteiger partial charge in [0.15, 0.2) is 0 Å². The molecule has 0 unspecified atom stereocenters. The van der Waals surface area contributed by atoms with Crippen LogP contribution in [0.4, 0.5) is 0 Å². The summed E-state index contributed by atoms with van der Waals surface area (Å²) >= 11 is 0. The van der Waals surface area contributed by atoms with Crippen LogP contribution in [0.25, 0.3) is 0 Å². The first-order valence-electron chi connectivity index (χ1n) is 7.39. The van der Waals surface area contributed by atoms with E-state index in [1.54, 1.807) is 17.4 Å². The molecule has 1 aromatic carbocycles. The zero-order chi connectivity index (χ0) is 14.2. The zero-order valence-electron chi connectivity index (χ0n) is 12.3. The standard InChI is InChI=1S/C15H22N2O2S.ClH/c1-17(14-7-9-16-10-8-14)20(18,19)15-6-5-12-3-2-4-13(12)11-15;/h5-6,11,14,16H,2-4,7-10H2,1H3;1H. The summed E-state index contributed by atoms with van der Waals surface area (Å²) in [5, 5.41) is 3.27. The van der Waals surface area contributed by atoms with Gasteiger partial charge in [-0.25, -0.2) is 8.42 Å². The highest BCUT2D eigenvalue weighted by molar-refractivity contribution is 7.89. The van der Waals surface area contributed by atoms with Gasteiger partial charge in [-0.15, -0.1) is 12.4 Å². The van der Waals surface area contributed by atoms with Gasteiger partial charge in [0.25, 0.3) is 0 Å². The first-order chi connectivity index (χ1) is 9.59. The van der Waals surface area contributed by atoms with Crippen LogP contribution in [-0.2, 0) is 22.9 Å². The van der Waals surface area contributed by atoms with Gasteiger partial charge in [0.05, 0.1) is 4.90 Å². The normalized spacial score (nSPS) is 19.3. The number of benzene rings is 1. The molecule has 6 heteroatoms. The van der Waals surface area contributed by atoms with Crippen LogP contribution in [0.5, 0.6) is 0 Å². The molecule has 0 atom stereocenters. The Kier molecular flexibility index (Phi) is 5.30. The molecule has 0 radical (unpaired) electrons. The molecule has 1 aromatic rings. The summed E-state index contributed by atoms with van der Waals surface area (Å²) in [5.74, 6) is 0. The molecule has 0 spiro atoms. The summed E-state index contributed by atoms with van der Waals surface area (Å²) in [7, 11) is -1.63. The van der Waals surface area contributed by atoms with Crippen molar-refractivity contribution in [2.45, 2.75) is 43.0 Å². The van der Waals surface area contributed by atoms with Crippen molar-refractivity contribution in [2.75, 3.05) is 20.1 Å². The van der Waals surface area contributed by atoms with Gasteiger partial charge in [-0.3, -0.25) is 0 Å². The van der Waals surface area contributed by atoms with Crippen LogP contribution < -0.4 is 5.32 Å². The molecular weight excluding hydrogens is 308 g/mol. The van der Waals surface area contributed by atoms with Crippen molar-refractivity contribution >= 4 is 22.4 Å². The van der Waals surface area contributed by atoms with Crippen LogP contribution >= 0.6 is 12.4 Å². The lowest BCUT2D eigenvalue weighted by atomic mass is 10.1. The molecule has 1 saturated heterocycles. The average Bonchev–Trinajstić information content (AvgIpc) is 2.94. The fourth-order valence-corrected chi connectivity index (χ4v) is 4.71. The average molecular weight is 331 g/mol. The van der Waals surface area contributed by atoms with Crippen LogP contribution in [0, 0.1) is 0 Å². The third-order valence-electron chi connectivity index (χ3n) is 4.57. The van der Waals surface area contributed by atoms with Gasteiger partial charge in [0, 0.05) is 13.1 Å². The lowest BCUT2D eigenvalue weighted by Crippen LogP contribution is -2.43. The van der Waals surface area contributed by atoms with Crippen molar-refractivity contribution in [2.24, 2.45) is 0 Å². The molecule has 1 aliphatic heterocycles. The molecule has 4 nitrogen and oxygen atoms in total. The third kappa shape index (κ3) is 3.26. The summed E-state index contributed by atoms with van der Waals surface area (Å²) in [6.07, 6.45) is 5.01. The quantitative estimate of drug-likeness (QED) is 0.921. The molecule has 118 valence electrons. The first-order valence-corrected chi connectivity index (χ1v) is 8.83. The van der Waals surface area contributed by atoms with Crippen LogP contribution in [0.3, 0.4) is 0 Å². The van der Waals surface area contributed by atoms with E-state index in [4.69, 9.17) is 0 Å². The molecule has 2 aliphatic rings. The monoisotopic (exact) mass is 330 g/mol. The van der Waals surface area contributed by atoms with Gasteiger partial charge >= 0.3 is 0 Å². The molecule has 1 aliphatic carbocycles. The summed E-state index contributed by atoms with van der Waals surface area (Å²) in [6.45, 7) is 1.80. The largest absolute Gasteiger partial charge is 0.317 e. The maximum Gasteiger partial charge on any atom is 0.243 e. The topological polar surface area (TPSA) is 49.4 Å². The SMILES string of the molecule is CN(C1CCNCC1)S(=O)(=O)c1ccc2c(c1)CCC2.Cl. The van der Waals surface area contributed by atoms with E-state index in [1.807, 2.05) is 12.1 Å². The maximum atomic E-state index is 12.7. The molecule has 0 bridgehead atoms. The van der Waals surface area contributed by atoms with Gasteiger partial charge in [-0.1, -0.05) is 6.07 Å². The van der Waals surface area contributed by atoms with E-state index < -0.39 is 10.0 Å². The lowest BCUT2D eigenvalue weighted by Gasteiger charge is -2.31. The molecule has 0 amide bonds. The van der Waals surface area contributed by atoms with Crippen molar-refractivity contribution in [1.82, 2.24) is 9.62 Å². The van der Waals surface area contributed by atoms with E-state index in [0.29, 0.717) is 4.90 Å². The smallest absolute Gasteiger partial charge is 0.243 e. The minimum Gasteiger partial charge on any atom is -0.317 e. The van der Waals surface area contributed by atoms with Gasteiger partial charge in [-0.05, 0) is 68.5 Å². The minimum atomic E-state index is -3.35. The first kappa shape index (κ1) is 16.7. The molecule has 0 saturated carbocycles. The van der Waals surface area contributed by atoms with Crippen molar-refractivity contribution in [3.05, 3.63) is 29.3 Å². The summed E-state index contributed by atoms with van der Waals surface area (Å²) in [4.78, 5) is 0.458. The Morgan fingerprint density at radius 1 is 1.14 bits per heavy atom. The van der Waals surface area contributed by atoms with Gasteiger partial charge in [0.1, 0.15) is 0 Å². The Morgan fingerprint density at radius 3 is 2.52 bits per heavy atom. The predicted octanol–water partition coefficient (Wildman–Crippen LogP) is 1.97.